The molecular formula is C20H23ClN2O2. The van der Waals surface area contributed by atoms with Crippen LogP contribution in [-0.2, 0) is 6.54 Å². The minimum Gasteiger partial charge on any atom is -0.478 e. The average molecular weight is 359 g/mol. The molecule has 0 saturated carbocycles. The van der Waals surface area contributed by atoms with Crippen molar-refractivity contribution in [1.82, 2.24) is 9.80 Å². The first-order valence-corrected chi connectivity index (χ1v) is 8.95. The summed E-state index contributed by atoms with van der Waals surface area (Å²) < 4.78 is 0. The van der Waals surface area contributed by atoms with Crippen molar-refractivity contribution in [3.05, 3.63) is 70.2 Å². The fourth-order valence-electron chi connectivity index (χ4n) is 3.38. The number of rotatable bonds is 5. The van der Waals surface area contributed by atoms with Crippen LogP contribution in [0.4, 0.5) is 0 Å². The molecule has 0 aliphatic carbocycles. The highest BCUT2D eigenvalue weighted by molar-refractivity contribution is 6.31. The largest absolute Gasteiger partial charge is 0.478 e. The molecule has 132 valence electrons. The minimum atomic E-state index is -0.875. The first-order valence-electron chi connectivity index (χ1n) is 8.57. The van der Waals surface area contributed by atoms with Gasteiger partial charge in [-0.3, -0.25) is 9.80 Å². The van der Waals surface area contributed by atoms with Gasteiger partial charge in [0.2, 0.25) is 0 Å². The normalized spacial score (nSPS) is 17.4. The predicted octanol–water partition coefficient (Wildman–Crippen LogP) is 3.92. The van der Waals surface area contributed by atoms with Gasteiger partial charge in [0.25, 0.3) is 0 Å². The summed E-state index contributed by atoms with van der Waals surface area (Å²) in [7, 11) is 0. The second kappa shape index (κ2) is 8.00. The Morgan fingerprint density at radius 1 is 1.12 bits per heavy atom. The maximum Gasteiger partial charge on any atom is 0.335 e. The van der Waals surface area contributed by atoms with Gasteiger partial charge in [-0.25, -0.2) is 4.79 Å². The summed E-state index contributed by atoms with van der Waals surface area (Å²) in [6, 6.07) is 15.5. The smallest absolute Gasteiger partial charge is 0.335 e. The average Bonchev–Trinajstić information content (AvgIpc) is 2.62. The first-order chi connectivity index (χ1) is 12.0. The van der Waals surface area contributed by atoms with E-state index in [9.17, 15) is 4.79 Å². The molecule has 1 atom stereocenters. The number of carboxylic acid groups (broad SMARTS) is 1. The maximum absolute atomic E-state index is 11.1. The zero-order valence-corrected chi connectivity index (χ0v) is 15.1. The van der Waals surface area contributed by atoms with Crippen LogP contribution in [0.25, 0.3) is 0 Å². The van der Waals surface area contributed by atoms with E-state index in [-0.39, 0.29) is 0 Å². The number of nitrogens with zero attached hydrogens (tertiary/aromatic N) is 2. The molecule has 5 heteroatoms. The van der Waals surface area contributed by atoms with Crippen molar-refractivity contribution >= 4 is 17.6 Å². The molecule has 1 fully saturated rings. The molecule has 1 unspecified atom stereocenters. The van der Waals surface area contributed by atoms with Gasteiger partial charge in [0.1, 0.15) is 0 Å². The Kier molecular flexibility index (Phi) is 5.74. The third kappa shape index (κ3) is 4.40. The van der Waals surface area contributed by atoms with Crippen LogP contribution in [0.3, 0.4) is 0 Å². The van der Waals surface area contributed by atoms with Crippen LogP contribution < -0.4 is 0 Å². The molecule has 1 aliphatic rings. The lowest BCUT2D eigenvalue weighted by atomic mass is 10.1. The number of hydrogen-bond donors (Lipinski definition) is 1. The number of carboxylic acids is 1. The number of carbonyl (C=O) groups is 1. The number of piperazine rings is 1. The summed E-state index contributed by atoms with van der Waals surface area (Å²) in [5.41, 5.74) is 2.57. The summed E-state index contributed by atoms with van der Waals surface area (Å²) in [6.07, 6.45) is 0. The van der Waals surface area contributed by atoms with E-state index in [1.165, 1.54) is 5.56 Å². The summed E-state index contributed by atoms with van der Waals surface area (Å²) in [6.45, 7) is 6.87. The van der Waals surface area contributed by atoms with Crippen LogP contribution in [0.2, 0.25) is 5.02 Å². The van der Waals surface area contributed by atoms with Crippen molar-refractivity contribution in [3.8, 4) is 0 Å². The third-order valence-electron chi connectivity index (χ3n) is 4.89. The molecule has 4 nitrogen and oxygen atoms in total. The lowest BCUT2D eigenvalue weighted by Gasteiger charge is -2.38. The van der Waals surface area contributed by atoms with E-state index in [1.54, 1.807) is 12.1 Å². The molecule has 25 heavy (non-hydrogen) atoms. The SMILES string of the molecule is CC(c1ccccc1Cl)N1CCN(Cc2cccc(C(=O)O)c2)CC1. The Morgan fingerprint density at radius 2 is 1.84 bits per heavy atom. The van der Waals surface area contributed by atoms with Crippen LogP contribution in [0.1, 0.15) is 34.5 Å². The molecule has 2 aromatic rings. The quantitative estimate of drug-likeness (QED) is 0.879. The minimum absolute atomic E-state index is 0.297. The Hall–Kier alpha value is -1.88. The van der Waals surface area contributed by atoms with E-state index in [2.05, 4.69) is 22.8 Å². The molecule has 0 bridgehead atoms. The van der Waals surface area contributed by atoms with Crippen LogP contribution in [0.5, 0.6) is 0 Å². The van der Waals surface area contributed by atoms with Crippen molar-refractivity contribution in [2.24, 2.45) is 0 Å². The van der Waals surface area contributed by atoms with Gasteiger partial charge in [0.05, 0.1) is 5.56 Å². The molecular weight excluding hydrogens is 336 g/mol. The van der Waals surface area contributed by atoms with Crippen LogP contribution in [0, 0.1) is 0 Å². The summed E-state index contributed by atoms with van der Waals surface area (Å²) in [5.74, 6) is -0.875. The van der Waals surface area contributed by atoms with Gasteiger partial charge in [-0.2, -0.15) is 0 Å². The van der Waals surface area contributed by atoms with Gasteiger partial charge >= 0.3 is 5.97 Å². The van der Waals surface area contributed by atoms with E-state index in [0.717, 1.165) is 43.3 Å². The third-order valence-corrected chi connectivity index (χ3v) is 5.23. The van der Waals surface area contributed by atoms with E-state index in [0.29, 0.717) is 11.6 Å². The van der Waals surface area contributed by atoms with Crippen molar-refractivity contribution in [1.29, 1.82) is 0 Å². The predicted molar refractivity (Wildman–Crippen MR) is 100 cm³/mol. The number of aromatic carboxylic acids is 1. The molecule has 1 saturated heterocycles. The first kappa shape index (κ1) is 17.9. The molecule has 1 aliphatic heterocycles. The highest BCUT2D eigenvalue weighted by atomic mass is 35.5. The van der Waals surface area contributed by atoms with E-state index in [1.807, 2.05) is 30.3 Å². The topological polar surface area (TPSA) is 43.8 Å². The monoisotopic (exact) mass is 358 g/mol. The molecule has 0 amide bonds. The molecule has 1 heterocycles. The van der Waals surface area contributed by atoms with Gasteiger partial charge in [0, 0.05) is 43.8 Å². The van der Waals surface area contributed by atoms with Gasteiger partial charge < -0.3 is 5.11 Å². The lowest BCUT2D eigenvalue weighted by molar-refractivity contribution is 0.0696. The highest BCUT2D eigenvalue weighted by Gasteiger charge is 2.23. The Labute approximate surface area is 153 Å². The summed E-state index contributed by atoms with van der Waals surface area (Å²) >= 11 is 6.33. The van der Waals surface area contributed by atoms with Crippen LogP contribution in [0.15, 0.2) is 48.5 Å². The Balaban J connectivity index is 1.58. The molecule has 0 spiro atoms. The second-order valence-electron chi connectivity index (χ2n) is 6.52. The van der Waals surface area contributed by atoms with Gasteiger partial charge in [-0.15, -0.1) is 0 Å². The Bertz CT molecular complexity index is 742. The summed E-state index contributed by atoms with van der Waals surface area (Å²) in [5, 5.41) is 9.93. The molecule has 0 aromatic heterocycles. The fourth-order valence-corrected chi connectivity index (χ4v) is 3.67. The molecule has 2 aromatic carbocycles. The fraction of sp³-hybridized carbons (Fsp3) is 0.350. The number of benzene rings is 2. The Morgan fingerprint density at radius 3 is 2.52 bits per heavy atom. The summed E-state index contributed by atoms with van der Waals surface area (Å²) in [4.78, 5) is 15.9. The lowest BCUT2D eigenvalue weighted by Crippen LogP contribution is -2.46. The molecule has 0 radical (unpaired) electrons. The van der Waals surface area contributed by atoms with Crippen molar-refractivity contribution in [2.45, 2.75) is 19.5 Å². The van der Waals surface area contributed by atoms with Crippen LogP contribution >= 0.6 is 11.6 Å². The standard InChI is InChI=1S/C20H23ClN2O2/c1-15(18-7-2-3-8-19(18)21)23-11-9-22(10-12-23)14-16-5-4-6-17(13-16)20(24)25/h2-8,13,15H,9-12,14H2,1H3,(H,24,25). The van der Waals surface area contributed by atoms with Crippen LogP contribution in [-0.4, -0.2) is 47.1 Å². The second-order valence-corrected chi connectivity index (χ2v) is 6.92. The maximum atomic E-state index is 11.1. The zero-order valence-electron chi connectivity index (χ0n) is 14.4. The van der Waals surface area contributed by atoms with Crippen molar-refractivity contribution < 1.29 is 9.90 Å². The highest BCUT2D eigenvalue weighted by Crippen LogP contribution is 2.28. The van der Waals surface area contributed by atoms with Gasteiger partial charge in [-0.1, -0.05) is 41.9 Å². The van der Waals surface area contributed by atoms with Gasteiger partial charge in [0.15, 0.2) is 0 Å². The number of halogens is 1. The van der Waals surface area contributed by atoms with Crippen molar-refractivity contribution in [2.75, 3.05) is 26.2 Å². The van der Waals surface area contributed by atoms with Crippen molar-refractivity contribution in [3.63, 3.8) is 0 Å². The van der Waals surface area contributed by atoms with E-state index in [4.69, 9.17) is 16.7 Å². The zero-order chi connectivity index (χ0) is 17.8. The number of hydrogen-bond acceptors (Lipinski definition) is 3. The molecule has 1 N–H and O–H groups in total. The molecule has 3 rings (SSSR count). The van der Waals surface area contributed by atoms with E-state index < -0.39 is 5.97 Å². The van der Waals surface area contributed by atoms with E-state index >= 15 is 0 Å². The van der Waals surface area contributed by atoms with Gasteiger partial charge in [-0.05, 0) is 36.2 Å².